The molecule has 2 aliphatic carbocycles. The first-order valence-electron chi connectivity index (χ1n) is 12.5. The molecule has 2 aliphatic rings. The Labute approximate surface area is 217 Å². The Morgan fingerprint density at radius 2 is 1.65 bits per heavy atom. The van der Waals surface area contributed by atoms with Crippen molar-refractivity contribution in [3.63, 3.8) is 0 Å². The van der Waals surface area contributed by atoms with Crippen molar-refractivity contribution in [2.45, 2.75) is 47.0 Å². The molecule has 0 heterocycles. The first-order chi connectivity index (χ1) is 17.4. The molecule has 8 nitrogen and oxygen atoms in total. The Balaban J connectivity index is 1.64. The number of hydrogen-bond acceptors (Lipinski definition) is 6. The Kier molecular flexibility index (Phi) is 7.25. The number of hydrogen-bond donors (Lipinski definition) is 2. The highest BCUT2D eigenvalue weighted by molar-refractivity contribution is 7.92. The molecule has 2 unspecified atom stereocenters. The van der Waals surface area contributed by atoms with E-state index in [0.29, 0.717) is 12.8 Å². The number of sulfonamides is 1. The largest absolute Gasteiger partial charge is 0.492 e. The second kappa shape index (κ2) is 9.96. The topological polar surface area (TPSA) is 111 Å². The molecule has 0 aliphatic heterocycles. The number of nitrogens with one attached hydrogen (secondary N) is 2. The van der Waals surface area contributed by atoms with Crippen LogP contribution < -0.4 is 19.5 Å². The van der Waals surface area contributed by atoms with Gasteiger partial charge in [-0.3, -0.25) is 14.3 Å². The van der Waals surface area contributed by atoms with Gasteiger partial charge in [0.05, 0.1) is 35.8 Å². The predicted octanol–water partition coefficient (Wildman–Crippen LogP) is 5.01. The fourth-order valence-electron chi connectivity index (χ4n) is 5.72. The van der Waals surface area contributed by atoms with Crippen LogP contribution in [0.15, 0.2) is 36.4 Å². The first kappa shape index (κ1) is 26.9. The SMILES string of the molecule is CCOc1cc(NS(=O)(=O)CC23CCC(CC2=O)C3(C)C)c(OCC)cc1NC(=O)c1ccc(F)cc1. The fourth-order valence-corrected chi connectivity index (χ4v) is 7.61. The van der Waals surface area contributed by atoms with Crippen molar-refractivity contribution in [1.82, 2.24) is 0 Å². The van der Waals surface area contributed by atoms with E-state index in [1.165, 1.54) is 36.4 Å². The van der Waals surface area contributed by atoms with Crippen LogP contribution in [0.3, 0.4) is 0 Å². The van der Waals surface area contributed by atoms with Crippen LogP contribution in [-0.2, 0) is 14.8 Å². The van der Waals surface area contributed by atoms with E-state index in [1.54, 1.807) is 13.8 Å². The molecule has 1 amide bonds. The molecular formula is C27H33FN2O6S. The smallest absolute Gasteiger partial charge is 0.255 e. The normalized spacial score (nSPS) is 22.1. The standard InChI is InChI=1S/C27H33FN2O6S/c1-5-35-22-15-21(30-37(33,34)16-27-12-11-18(13-24(27)31)26(27,3)4)23(36-6-2)14-20(22)29-25(32)17-7-9-19(28)10-8-17/h7-10,14-15,18,30H,5-6,11-13,16H2,1-4H3,(H,29,32). The molecule has 2 atom stereocenters. The van der Waals surface area contributed by atoms with Gasteiger partial charge in [-0.15, -0.1) is 0 Å². The van der Waals surface area contributed by atoms with E-state index in [2.05, 4.69) is 10.0 Å². The summed E-state index contributed by atoms with van der Waals surface area (Å²) in [6.45, 7) is 7.99. The van der Waals surface area contributed by atoms with Crippen LogP contribution >= 0.6 is 0 Å². The van der Waals surface area contributed by atoms with Crippen molar-refractivity contribution in [2.75, 3.05) is 29.0 Å². The maximum atomic E-state index is 13.4. The van der Waals surface area contributed by atoms with Crippen molar-refractivity contribution >= 4 is 33.1 Å². The Morgan fingerprint density at radius 3 is 2.19 bits per heavy atom. The summed E-state index contributed by atoms with van der Waals surface area (Å²) in [5.74, 6) is -0.620. The number of ether oxygens (including phenoxy) is 2. The summed E-state index contributed by atoms with van der Waals surface area (Å²) in [6.07, 6.45) is 1.82. The van der Waals surface area contributed by atoms with E-state index in [1.807, 2.05) is 13.8 Å². The van der Waals surface area contributed by atoms with Gasteiger partial charge in [-0.05, 0) is 62.3 Å². The van der Waals surface area contributed by atoms with Gasteiger partial charge < -0.3 is 14.8 Å². The predicted molar refractivity (Wildman–Crippen MR) is 139 cm³/mol. The molecular weight excluding hydrogens is 499 g/mol. The average molecular weight is 533 g/mol. The minimum Gasteiger partial charge on any atom is -0.492 e. The van der Waals surface area contributed by atoms with E-state index in [-0.39, 0.29) is 59.1 Å². The molecule has 2 aromatic carbocycles. The molecule has 2 bridgehead atoms. The van der Waals surface area contributed by atoms with E-state index in [4.69, 9.17) is 9.47 Å². The minimum absolute atomic E-state index is 0.0121. The summed E-state index contributed by atoms with van der Waals surface area (Å²) >= 11 is 0. The van der Waals surface area contributed by atoms with Crippen LogP contribution in [0.5, 0.6) is 11.5 Å². The highest BCUT2D eigenvalue weighted by Gasteiger charge is 2.65. The van der Waals surface area contributed by atoms with E-state index >= 15 is 0 Å². The molecule has 200 valence electrons. The summed E-state index contributed by atoms with van der Waals surface area (Å²) < 4.78 is 54.1. The number of ketones is 1. The van der Waals surface area contributed by atoms with Crippen LogP contribution in [0.2, 0.25) is 0 Å². The van der Waals surface area contributed by atoms with E-state index < -0.39 is 32.6 Å². The molecule has 0 radical (unpaired) electrons. The van der Waals surface area contributed by atoms with Crippen molar-refractivity contribution in [3.8, 4) is 11.5 Å². The van der Waals surface area contributed by atoms with E-state index in [9.17, 15) is 22.4 Å². The Bertz CT molecular complexity index is 1310. The molecule has 2 saturated carbocycles. The molecule has 2 aromatic rings. The zero-order chi connectivity index (χ0) is 27.0. The minimum atomic E-state index is -3.95. The van der Waals surface area contributed by atoms with Gasteiger partial charge in [-0.2, -0.15) is 0 Å². The monoisotopic (exact) mass is 532 g/mol. The molecule has 4 rings (SSSR count). The second-order valence-electron chi connectivity index (χ2n) is 10.2. The lowest BCUT2D eigenvalue weighted by Gasteiger charge is -2.36. The third-order valence-electron chi connectivity index (χ3n) is 7.88. The summed E-state index contributed by atoms with van der Waals surface area (Å²) in [6, 6.07) is 8.03. The number of anilines is 2. The first-order valence-corrected chi connectivity index (χ1v) is 14.1. The van der Waals surface area contributed by atoms with Crippen molar-refractivity contribution < 1.29 is 31.9 Å². The lowest BCUT2D eigenvalue weighted by molar-refractivity contribution is -0.128. The Hall–Kier alpha value is -3.14. The molecule has 0 spiro atoms. The molecule has 2 fully saturated rings. The van der Waals surface area contributed by atoms with Crippen molar-refractivity contribution in [2.24, 2.45) is 16.7 Å². The lowest BCUT2D eigenvalue weighted by atomic mass is 9.70. The van der Waals surface area contributed by atoms with Gasteiger partial charge in [0.15, 0.2) is 0 Å². The number of benzene rings is 2. The Morgan fingerprint density at radius 1 is 1.05 bits per heavy atom. The fraction of sp³-hybridized carbons (Fsp3) is 0.481. The highest BCUT2D eigenvalue weighted by atomic mass is 32.2. The van der Waals surface area contributed by atoms with Gasteiger partial charge in [0.1, 0.15) is 23.1 Å². The number of carbonyl (C=O) groups excluding carboxylic acids is 2. The maximum absolute atomic E-state index is 13.4. The summed E-state index contributed by atoms with van der Waals surface area (Å²) in [5.41, 5.74) is -0.649. The zero-order valence-corrected chi connectivity index (χ0v) is 22.3. The molecule has 0 aromatic heterocycles. The summed E-state index contributed by atoms with van der Waals surface area (Å²) in [7, 11) is -3.95. The van der Waals surface area contributed by atoms with Crippen LogP contribution in [0, 0.1) is 22.6 Å². The van der Waals surface area contributed by atoms with Crippen LogP contribution in [-0.4, -0.2) is 39.1 Å². The quantitative estimate of drug-likeness (QED) is 0.445. The maximum Gasteiger partial charge on any atom is 0.255 e. The average Bonchev–Trinajstić information content (AvgIpc) is 3.16. The van der Waals surface area contributed by atoms with Gasteiger partial charge in [0.25, 0.3) is 5.91 Å². The van der Waals surface area contributed by atoms with Gasteiger partial charge in [-0.1, -0.05) is 13.8 Å². The van der Waals surface area contributed by atoms with Crippen LogP contribution in [0.1, 0.15) is 57.3 Å². The molecule has 2 N–H and O–H groups in total. The lowest BCUT2D eigenvalue weighted by Crippen LogP contribution is -2.43. The van der Waals surface area contributed by atoms with Crippen LogP contribution in [0.25, 0.3) is 0 Å². The number of fused-ring (bicyclic) bond motifs is 2. The number of rotatable bonds is 10. The van der Waals surface area contributed by atoms with Gasteiger partial charge in [-0.25, -0.2) is 12.8 Å². The number of Topliss-reactive ketones (excluding diaryl/α,β-unsaturated/α-hetero) is 1. The summed E-state index contributed by atoms with van der Waals surface area (Å²) in [5, 5.41) is 2.73. The second-order valence-corrected chi connectivity index (χ2v) is 11.9. The molecule has 10 heteroatoms. The van der Waals surface area contributed by atoms with Crippen molar-refractivity contribution in [1.29, 1.82) is 0 Å². The van der Waals surface area contributed by atoms with Gasteiger partial charge in [0.2, 0.25) is 10.0 Å². The number of amides is 1. The summed E-state index contributed by atoms with van der Waals surface area (Å²) in [4.78, 5) is 25.6. The molecule has 37 heavy (non-hydrogen) atoms. The van der Waals surface area contributed by atoms with E-state index in [0.717, 1.165) is 6.42 Å². The third-order valence-corrected chi connectivity index (χ3v) is 9.28. The van der Waals surface area contributed by atoms with Crippen molar-refractivity contribution in [3.05, 3.63) is 47.8 Å². The third kappa shape index (κ3) is 5.03. The van der Waals surface area contributed by atoms with Crippen LogP contribution in [0.4, 0.5) is 15.8 Å². The van der Waals surface area contributed by atoms with Gasteiger partial charge in [0, 0.05) is 24.1 Å². The van der Waals surface area contributed by atoms with Gasteiger partial charge >= 0.3 is 0 Å². The zero-order valence-electron chi connectivity index (χ0n) is 21.5. The number of halogens is 1. The highest BCUT2D eigenvalue weighted by Crippen LogP contribution is 2.64. The number of carbonyl (C=O) groups is 2. The molecule has 0 saturated heterocycles.